The van der Waals surface area contributed by atoms with E-state index in [1.807, 2.05) is 6.07 Å². The number of aliphatic hydroxyl groups is 1. The Kier molecular flexibility index (Phi) is 4.83. The summed E-state index contributed by atoms with van der Waals surface area (Å²) < 4.78 is 11.4. The lowest BCUT2D eigenvalue weighted by Gasteiger charge is -2.43. The molecule has 4 heteroatoms. The molecule has 1 aliphatic heterocycles. The van der Waals surface area contributed by atoms with Crippen molar-refractivity contribution in [3.8, 4) is 11.5 Å². The van der Waals surface area contributed by atoms with Crippen LogP contribution in [0.3, 0.4) is 0 Å². The molecular weight excluding hydrogens is 290 g/mol. The van der Waals surface area contributed by atoms with Gasteiger partial charge in [0.25, 0.3) is 0 Å². The van der Waals surface area contributed by atoms with E-state index in [1.165, 1.54) is 5.56 Å². The van der Waals surface area contributed by atoms with Gasteiger partial charge in [0, 0.05) is 11.5 Å². The van der Waals surface area contributed by atoms with Gasteiger partial charge >= 0.3 is 0 Å². The predicted octanol–water partition coefficient (Wildman–Crippen LogP) is 2.97. The Morgan fingerprint density at radius 2 is 2.13 bits per heavy atom. The van der Waals surface area contributed by atoms with Crippen LogP contribution in [0.2, 0.25) is 0 Å². The van der Waals surface area contributed by atoms with Gasteiger partial charge in [-0.3, -0.25) is 0 Å². The van der Waals surface area contributed by atoms with E-state index in [9.17, 15) is 5.11 Å². The fraction of sp³-hybridized carbons (Fsp3) is 0.684. The van der Waals surface area contributed by atoms with Gasteiger partial charge in [-0.05, 0) is 63.4 Å². The third kappa shape index (κ3) is 2.94. The minimum Gasteiger partial charge on any atom is -0.493 e. The van der Waals surface area contributed by atoms with E-state index in [-0.39, 0.29) is 11.5 Å². The maximum atomic E-state index is 10.1. The van der Waals surface area contributed by atoms with Crippen molar-refractivity contribution in [1.29, 1.82) is 0 Å². The molecule has 128 valence electrons. The van der Waals surface area contributed by atoms with Crippen molar-refractivity contribution in [2.75, 3.05) is 27.3 Å². The highest BCUT2D eigenvalue weighted by atomic mass is 16.5. The zero-order valence-corrected chi connectivity index (χ0v) is 14.5. The Bertz CT molecular complexity index is 547. The molecule has 4 nitrogen and oxygen atoms in total. The van der Waals surface area contributed by atoms with E-state index in [0.717, 1.165) is 50.1 Å². The second-order valence-corrected chi connectivity index (χ2v) is 7.04. The summed E-state index contributed by atoms with van der Waals surface area (Å²) in [5.41, 5.74) is 1.48. The summed E-state index contributed by atoms with van der Waals surface area (Å²) in [5.74, 6) is 1.65. The SMILES string of the molecule is CCCOc1cc([C@@]23CC[C@@H](O)C[C@@H]2N(C)CC3)ccc1OC. The number of rotatable bonds is 5. The highest BCUT2D eigenvalue weighted by Gasteiger charge is 2.50. The Balaban J connectivity index is 1.96. The molecule has 2 aliphatic rings. The number of likely N-dealkylation sites (tertiary alicyclic amines) is 1. The lowest BCUT2D eigenvalue weighted by molar-refractivity contribution is 0.0566. The molecule has 1 saturated carbocycles. The summed E-state index contributed by atoms with van der Waals surface area (Å²) in [4.78, 5) is 2.42. The smallest absolute Gasteiger partial charge is 0.161 e. The van der Waals surface area contributed by atoms with Crippen LogP contribution in [0.1, 0.15) is 44.6 Å². The second kappa shape index (κ2) is 6.70. The molecule has 0 radical (unpaired) electrons. The first-order chi connectivity index (χ1) is 11.1. The summed E-state index contributed by atoms with van der Waals surface area (Å²) in [5, 5.41) is 10.1. The number of likely N-dealkylation sites (N-methyl/N-ethyl adjacent to an activating group) is 1. The molecule has 1 heterocycles. The van der Waals surface area contributed by atoms with E-state index in [0.29, 0.717) is 12.6 Å². The van der Waals surface area contributed by atoms with E-state index in [1.54, 1.807) is 7.11 Å². The molecular formula is C19H29NO3. The van der Waals surface area contributed by atoms with E-state index >= 15 is 0 Å². The fourth-order valence-corrected chi connectivity index (χ4v) is 4.41. The number of benzene rings is 1. The summed E-state index contributed by atoms with van der Waals surface area (Å²) in [6, 6.07) is 6.83. The summed E-state index contributed by atoms with van der Waals surface area (Å²) in [7, 11) is 3.87. The van der Waals surface area contributed by atoms with Gasteiger partial charge in [-0.25, -0.2) is 0 Å². The quantitative estimate of drug-likeness (QED) is 0.906. The highest BCUT2D eigenvalue weighted by Crippen LogP contribution is 2.49. The first-order valence-corrected chi connectivity index (χ1v) is 8.80. The van der Waals surface area contributed by atoms with Crippen LogP contribution in [0.25, 0.3) is 0 Å². The summed E-state index contributed by atoms with van der Waals surface area (Å²) >= 11 is 0. The Hall–Kier alpha value is -1.26. The van der Waals surface area contributed by atoms with Gasteiger partial charge < -0.3 is 19.5 Å². The molecule has 1 saturated heterocycles. The van der Waals surface area contributed by atoms with Gasteiger partial charge in [-0.15, -0.1) is 0 Å². The molecule has 1 aromatic carbocycles. The second-order valence-electron chi connectivity index (χ2n) is 7.04. The Morgan fingerprint density at radius 1 is 1.30 bits per heavy atom. The number of hydrogen-bond acceptors (Lipinski definition) is 4. The third-order valence-electron chi connectivity index (χ3n) is 5.70. The van der Waals surface area contributed by atoms with E-state index in [2.05, 4.69) is 31.0 Å². The Labute approximate surface area is 139 Å². The minimum atomic E-state index is -0.164. The molecule has 0 unspecified atom stereocenters. The monoisotopic (exact) mass is 319 g/mol. The number of methoxy groups -OCH3 is 1. The molecule has 0 amide bonds. The van der Waals surface area contributed by atoms with Gasteiger partial charge in [-0.1, -0.05) is 13.0 Å². The predicted molar refractivity (Wildman–Crippen MR) is 91.4 cm³/mol. The number of hydrogen-bond donors (Lipinski definition) is 1. The van der Waals surface area contributed by atoms with Gasteiger partial charge in [0.05, 0.1) is 19.8 Å². The molecule has 0 bridgehead atoms. The number of nitrogens with zero attached hydrogens (tertiary/aromatic N) is 1. The van der Waals surface area contributed by atoms with Gasteiger partial charge in [0.1, 0.15) is 0 Å². The first kappa shape index (κ1) is 16.6. The van der Waals surface area contributed by atoms with Crippen LogP contribution in [-0.2, 0) is 5.41 Å². The molecule has 1 N–H and O–H groups in total. The maximum absolute atomic E-state index is 10.1. The van der Waals surface area contributed by atoms with Crippen molar-refractivity contribution in [3.05, 3.63) is 23.8 Å². The van der Waals surface area contributed by atoms with E-state index in [4.69, 9.17) is 9.47 Å². The molecule has 2 fully saturated rings. The topological polar surface area (TPSA) is 41.9 Å². The van der Waals surface area contributed by atoms with Crippen LogP contribution >= 0.6 is 0 Å². The zero-order chi connectivity index (χ0) is 16.4. The normalized spacial score (nSPS) is 31.0. The molecule has 3 rings (SSSR count). The minimum absolute atomic E-state index is 0.143. The van der Waals surface area contributed by atoms with Crippen molar-refractivity contribution >= 4 is 0 Å². The summed E-state index contributed by atoms with van der Waals surface area (Å²) in [6.45, 7) is 3.91. The first-order valence-electron chi connectivity index (χ1n) is 8.80. The van der Waals surface area contributed by atoms with Crippen molar-refractivity contribution in [3.63, 3.8) is 0 Å². The zero-order valence-electron chi connectivity index (χ0n) is 14.5. The van der Waals surface area contributed by atoms with Crippen LogP contribution in [0.15, 0.2) is 18.2 Å². The molecule has 3 atom stereocenters. The van der Waals surface area contributed by atoms with Crippen molar-refractivity contribution in [2.24, 2.45) is 0 Å². The van der Waals surface area contributed by atoms with Crippen LogP contribution in [0.5, 0.6) is 11.5 Å². The lowest BCUT2D eigenvalue weighted by atomic mass is 9.65. The van der Waals surface area contributed by atoms with Gasteiger partial charge in [-0.2, -0.15) is 0 Å². The van der Waals surface area contributed by atoms with Gasteiger partial charge in [0.2, 0.25) is 0 Å². The number of aliphatic hydroxyl groups excluding tert-OH is 1. The molecule has 1 aromatic rings. The standard InChI is InChI=1S/C19H29NO3/c1-4-11-23-17-12-14(5-6-16(17)22-3)19-8-7-15(21)13-18(19)20(2)10-9-19/h5-6,12,15,18,21H,4,7-11,13H2,1-3H3/t15-,18+,19+/m1/s1. The maximum Gasteiger partial charge on any atom is 0.161 e. The molecule has 23 heavy (non-hydrogen) atoms. The molecule has 1 aliphatic carbocycles. The fourth-order valence-electron chi connectivity index (χ4n) is 4.41. The highest BCUT2D eigenvalue weighted by molar-refractivity contribution is 5.46. The lowest BCUT2D eigenvalue weighted by Crippen LogP contribution is -2.47. The van der Waals surface area contributed by atoms with Gasteiger partial charge in [0.15, 0.2) is 11.5 Å². The third-order valence-corrected chi connectivity index (χ3v) is 5.70. The van der Waals surface area contributed by atoms with Crippen LogP contribution in [-0.4, -0.2) is 49.5 Å². The number of ether oxygens (including phenoxy) is 2. The molecule has 0 spiro atoms. The van der Waals surface area contributed by atoms with Crippen molar-refractivity contribution < 1.29 is 14.6 Å². The van der Waals surface area contributed by atoms with E-state index < -0.39 is 0 Å². The van der Waals surface area contributed by atoms with Crippen LogP contribution in [0.4, 0.5) is 0 Å². The average molecular weight is 319 g/mol. The molecule has 0 aromatic heterocycles. The van der Waals surface area contributed by atoms with Crippen LogP contribution < -0.4 is 9.47 Å². The summed E-state index contributed by atoms with van der Waals surface area (Å²) in [6.07, 6.45) is 4.77. The van der Waals surface area contributed by atoms with Crippen LogP contribution in [0, 0.1) is 0 Å². The largest absolute Gasteiger partial charge is 0.493 e. The average Bonchev–Trinajstić information content (AvgIpc) is 2.90. The van der Waals surface area contributed by atoms with Crippen molar-refractivity contribution in [1.82, 2.24) is 4.90 Å². The Morgan fingerprint density at radius 3 is 2.87 bits per heavy atom. The number of fused-ring (bicyclic) bond motifs is 1. The van der Waals surface area contributed by atoms with Crippen molar-refractivity contribution in [2.45, 2.75) is 56.6 Å².